The molecule has 1 atom stereocenters. The highest BCUT2D eigenvalue weighted by Crippen LogP contribution is 2.36. The van der Waals surface area contributed by atoms with Crippen LogP contribution < -0.4 is 10.2 Å². The number of nitrogens with zero attached hydrogens (tertiary/aromatic N) is 2. The number of amides is 2. The van der Waals surface area contributed by atoms with Crippen LogP contribution in [0.3, 0.4) is 0 Å². The second kappa shape index (κ2) is 13.5. The van der Waals surface area contributed by atoms with Crippen molar-refractivity contribution in [3.63, 3.8) is 0 Å². The monoisotopic (exact) mass is 591 g/mol. The topological polar surface area (TPSA) is 69.7 Å². The van der Waals surface area contributed by atoms with Crippen LogP contribution in [0.25, 0.3) is 0 Å². The van der Waals surface area contributed by atoms with Crippen LogP contribution in [0.5, 0.6) is 0 Å². The third-order valence-corrected chi connectivity index (χ3v) is 9.97. The Morgan fingerprint density at radius 3 is 2.23 bits per heavy atom. The maximum Gasteiger partial charge on any atom is 0.259 e. The van der Waals surface area contributed by atoms with Crippen molar-refractivity contribution in [2.45, 2.75) is 42.0 Å². The van der Waals surface area contributed by atoms with Gasteiger partial charge in [0.2, 0.25) is 0 Å². The van der Waals surface area contributed by atoms with Crippen molar-refractivity contribution in [1.29, 1.82) is 0 Å². The standard InChI is InChI=1S/C36H37N3O3S/c40-35(37-20-9-21-38-22-18-28(19-23-38)24-27-10-3-1-4-11-27)30-16-17-34-32(25-30)39(26-29-12-5-2-6-13-29)36(41)31-14-7-8-15-33(31)43(34)42/h1-8,10-17,25,28H,9,18-24,26H2,(H,37,40)/t43-/m1/s1. The third kappa shape index (κ3) is 6.79. The number of benzene rings is 4. The summed E-state index contributed by atoms with van der Waals surface area (Å²) in [4.78, 5) is 32.2. The number of fused-ring (bicyclic) bond motifs is 2. The first kappa shape index (κ1) is 29.0. The van der Waals surface area contributed by atoms with Crippen LogP contribution in [0.15, 0.2) is 113 Å². The van der Waals surface area contributed by atoms with Gasteiger partial charge < -0.3 is 15.1 Å². The summed E-state index contributed by atoms with van der Waals surface area (Å²) >= 11 is 0. The van der Waals surface area contributed by atoms with Crippen molar-refractivity contribution in [3.05, 3.63) is 125 Å². The Bertz CT molecular complexity index is 1600. The molecule has 2 amide bonds. The Labute approximate surface area is 256 Å². The molecule has 1 fully saturated rings. The van der Waals surface area contributed by atoms with Gasteiger partial charge in [0.1, 0.15) is 0 Å². The first-order chi connectivity index (χ1) is 21.1. The van der Waals surface area contributed by atoms with E-state index in [2.05, 4.69) is 40.5 Å². The van der Waals surface area contributed by atoms with Crippen LogP contribution >= 0.6 is 0 Å². The van der Waals surface area contributed by atoms with E-state index in [1.807, 2.05) is 30.3 Å². The smallest absolute Gasteiger partial charge is 0.259 e. The van der Waals surface area contributed by atoms with Gasteiger partial charge in [0, 0.05) is 12.1 Å². The van der Waals surface area contributed by atoms with Crippen LogP contribution in [-0.4, -0.2) is 47.1 Å². The fraction of sp³-hybridized carbons (Fsp3) is 0.278. The van der Waals surface area contributed by atoms with E-state index in [9.17, 15) is 13.8 Å². The molecule has 6 rings (SSSR count). The zero-order valence-corrected chi connectivity index (χ0v) is 25.1. The van der Waals surface area contributed by atoms with Gasteiger partial charge >= 0.3 is 0 Å². The predicted molar refractivity (Wildman–Crippen MR) is 171 cm³/mol. The van der Waals surface area contributed by atoms with Crippen LogP contribution in [0, 0.1) is 5.92 Å². The lowest BCUT2D eigenvalue weighted by Gasteiger charge is -2.32. The number of rotatable bonds is 9. The lowest BCUT2D eigenvalue weighted by Crippen LogP contribution is -2.36. The zero-order valence-electron chi connectivity index (χ0n) is 24.3. The molecule has 0 unspecified atom stereocenters. The summed E-state index contributed by atoms with van der Waals surface area (Å²) in [5.41, 5.74) is 3.75. The molecule has 220 valence electrons. The van der Waals surface area contributed by atoms with E-state index >= 15 is 0 Å². The average Bonchev–Trinajstić information content (AvgIpc) is 3.14. The summed E-state index contributed by atoms with van der Waals surface area (Å²) in [6, 6.07) is 32.7. The molecule has 1 N–H and O–H groups in total. The van der Waals surface area contributed by atoms with Gasteiger partial charge in [-0.1, -0.05) is 72.8 Å². The van der Waals surface area contributed by atoms with Crippen LogP contribution in [0.4, 0.5) is 5.69 Å². The molecule has 4 aromatic rings. The number of hydrogen-bond donors (Lipinski definition) is 1. The van der Waals surface area contributed by atoms with E-state index in [0.717, 1.165) is 44.0 Å². The van der Waals surface area contributed by atoms with Crippen LogP contribution in [0.2, 0.25) is 0 Å². The number of nitrogens with one attached hydrogen (secondary N) is 1. The molecule has 0 spiro atoms. The molecule has 2 heterocycles. The highest BCUT2D eigenvalue weighted by molar-refractivity contribution is 7.85. The summed E-state index contributed by atoms with van der Waals surface area (Å²) in [6.07, 6.45) is 4.44. The molecule has 2 aliphatic heterocycles. The molecule has 2 aliphatic rings. The van der Waals surface area contributed by atoms with Gasteiger partial charge in [0.25, 0.3) is 11.8 Å². The molecule has 43 heavy (non-hydrogen) atoms. The molecule has 6 nitrogen and oxygen atoms in total. The SMILES string of the molecule is O=C(NCCCN1CCC(Cc2ccccc2)CC1)c1ccc2c(c1)N(Cc1ccccc1)C(=O)c1ccccc1[S@]2=O. The van der Waals surface area contributed by atoms with Gasteiger partial charge in [-0.15, -0.1) is 0 Å². The van der Waals surface area contributed by atoms with Crippen molar-refractivity contribution in [1.82, 2.24) is 10.2 Å². The molecule has 4 aromatic carbocycles. The second-order valence-electron chi connectivity index (χ2n) is 11.4. The lowest BCUT2D eigenvalue weighted by molar-refractivity contribution is 0.0947. The minimum absolute atomic E-state index is 0.191. The Hall–Kier alpha value is -4.07. The third-order valence-electron chi connectivity index (χ3n) is 8.47. The Morgan fingerprint density at radius 2 is 1.49 bits per heavy atom. The summed E-state index contributed by atoms with van der Waals surface area (Å²) in [5, 5.41) is 3.06. The maximum absolute atomic E-state index is 13.8. The minimum Gasteiger partial charge on any atom is -0.352 e. The van der Waals surface area contributed by atoms with Crippen LogP contribution in [-0.2, 0) is 23.8 Å². The quantitative estimate of drug-likeness (QED) is 0.239. The number of carbonyl (C=O) groups is 2. The number of anilines is 1. The molecule has 0 aromatic heterocycles. The van der Waals surface area contributed by atoms with Crippen molar-refractivity contribution >= 4 is 28.3 Å². The molecule has 0 bridgehead atoms. The van der Waals surface area contributed by atoms with E-state index in [0.29, 0.717) is 39.7 Å². The highest BCUT2D eigenvalue weighted by atomic mass is 32.2. The Balaban J connectivity index is 1.09. The predicted octanol–water partition coefficient (Wildman–Crippen LogP) is 6.09. The molecule has 1 saturated heterocycles. The first-order valence-corrected chi connectivity index (χ1v) is 16.3. The molecule has 7 heteroatoms. The van der Waals surface area contributed by atoms with E-state index in [1.165, 1.54) is 18.4 Å². The minimum atomic E-state index is -1.55. The number of likely N-dealkylation sites (tertiary alicyclic amines) is 1. The average molecular weight is 592 g/mol. The summed E-state index contributed by atoms with van der Waals surface area (Å²) in [5.74, 6) is 0.322. The molecular weight excluding hydrogens is 554 g/mol. The first-order valence-electron chi connectivity index (χ1n) is 15.1. The van der Waals surface area contributed by atoms with Gasteiger partial charge in [-0.25, -0.2) is 4.21 Å². The van der Waals surface area contributed by atoms with E-state index in [-0.39, 0.29) is 11.8 Å². The fourth-order valence-electron chi connectivity index (χ4n) is 6.10. The van der Waals surface area contributed by atoms with Gasteiger partial charge in [0.15, 0.2) is 0 Å². The van der Waals surface area contributed by atoms with Crippen molar-refractivity contribution in [3.8, 4) is 0 Å². The molecule has 0 saturated carbocycles. The van der Waals surface area contributed by atoms with Gasteiger partial charge in [-0.2, -0.15) is 0 Å². The Kier molecular flexibility index (Phi) is 9.10. The lowest BCUT2D eigenvalue weighted by atomic mass is 9.90. The molecule has 0 aliphatic carbocycles. The largest absolute Gasteiger partial charge is 0.352 e. The summed E-state index contributed by atoms with van der Waals surface area (Å²) in [6.45, 7) is 4.04. The second-order valence-corrected chi connectivity index (χ2v) is 12.8. The number of hydrogen-bond acceptors (Lipinski definition) is 4. The number of carbonyl (C=O) groups excluding carboxylic acids is 2. The maximum atomic E-state index is 13.8. The highest BCUT2D eigenvalue weighted by Gasteiger charge is 2.31. The van der Waals surface area contributed by atoms with E-state index < -0.39 is 10.8 Å². The molecular formula is C36H37N3O3S. The Morgan fingerprint density at radius 1 is 0.814 bits per heavy atom. The van der Waals surface area contributed by atoms with E-state index in [4.69, 9.17) is 0 Å². The van der Waals surface area contributed by atoms with E-state index in [1.54, 1.807) is 47.4 Å². The van der Waals surface area contributed by atoms with Crippen LogP contribution in [0.1, 0.15) is 51.1 Å². The summed E-state index contributed by atoms with van der Waals surface area (Å²) in [7, 11) is -1.55. The normalized spacial score (nSPS) is 17.2. The fourth-order valence-corrected chi connectivity index (χ4v) is 7.44. The van der Waals surface area contributed by atoms with Gasteiger partial charge in [0.05, 0.1) is 38.4 Å². The van der Waals surface area contributed by atoms with Crippen molar-refractivity contribution < 1.29 is 13.8 Å². The van der Waals surface area contributed by atoms with Gasteiger partial charge in [-0.05, 0) is 92.7 Å². The van der Waals surface area contributed by atoms with Crippen molar-refractivity contribution in [2.75, 3.05) is 31.1 Å². The zero-order chi connectivity index (χ0) is 29.6. The number of piperidine rings is 1. The summed E-state index contributed by atoms with van der Waals surface area (Å²) < 4.78 is 13.7. The van der Waals surface area contributed by atoms with Crippen molar-refractivity contribution in [2.24, 2.45) is 5.92 Å². The van der Waals surface area contributed by atoms with Gasteiger partial charge in [-0.3, -0.25) is 9.59 Å². The molecule has 0 radical (unpaired) electrons.